The molecule has 94 valence electrons. The van der Waals surface area contributed by atoms with Gasteiger partial charge in [0.05, 0.1) is 12.2 Å². The Balaban J connectivity index is 2.49. The van der Waals surface area contributed by atoms with Crippen molar-refractivity contribution in [2.75, 3.05) is 7.05 Å². The summed E-state index contributed by atoms with van der Waals surface area (Å²) in [6, 6.07) is 5.81. The fourth-order valence-electron chi connectivity index (χ4n) is 2.06. The van der Waals surface area contributed by atoms with E-state index in [4.69, 9.17) is 0 Å². The highest BCUT2D eigenvalue weighted by Crippen LogP contribution is 2.26. The van der Waals surface area contributed by atoms with Crippen LogP contribution in [0.25, 0.3) is 0 Å². The summed E-state index contributed by atoms with van der Waals surface area (Å²) < 4.78 is 26.8. The molecule has 0 aliphatic carbocycles. The summed E-state index contributed by atoms with van der Waals surface area (Å²) in [7, 11) is 1.74. The molecule has 0 bridgehead atoms. The predicted molar refractivity (Wildman–Crippen MR) is 66.2 cm³/mol. The van der Waals surface area contributed by atoms with Gasteiger partial charge in [0, 0.05) is 11.8 Å². The quantitative estimate of drug-likeness (QED) is 0.903. The van der Waals surface area contributed by atoms with Crippen LogP contribution in [0.2, 0.25) is 0 Å². The van der Waals surface area contributed by atoms with Crippen LogP contribution in [-0.2, 0) is 0 Å². The summed E-state index contributed by atoms with van der Waals surface area (Å²) in [5.74, 6) is -0.665. The van der Waals surface area contributed by atoms with Gasteiger partial charge in [0.25, 0.3) is 0 Å². The molecule has 0 spiro atoms. The minimum absolute atomic E-state index is 0.290. The molecule has 0 aliphatic heterocycles. The van der Waals surface area contributed by atoms with E-state index >= 15 is 0 Å². The lowest BCUT2D eigenvalue weighted by Gasteiger charge is -2.19. The molecule has 0 saturated carbocycles. The van der Waals surface area contributed by atoms with Crippen LogP contribution in [0.3, 0.4) is 0 Å². The molecular weight excluding hydrogens is 234 g/mol. The number of hydrogen-bond donors (Lipinski definition) is 1. The molecule has 1 aromatic carbocycles. The maximum Gasteiger partial charge on any atom is 0.146 e. The monoisotopic (exact) mass is 248 g/mol. The molecule has 0 amide bonds. The van der Waals surface area contributed by atoms with Crippen molar-refractivity contribution in [2.24, 2.45) is 0 Å². The van der Waals surface area contributed by atoms with Gasteiger partial charge in [0.2, 0.25) is 0 Å². The molecule has 2 aromatic rings. The van der Waals surface area contributed by atoms with Crippen molar-refractivity contribution in [2.45, 2.75) is 13.0 Å². The zero-order valence-electron chi connectivity index (χ0n) is 10.2. The van der Waals surface area contributed by atoms with Crippen LogP contribution in [0, 0.1) is 18.6 Å². The number of rotatable bonds is 3. The van der Waals surface area contributed by atoms with Crippen LogP contribution in [0.5, 0.6) is 0 Å². The van der Waals surface area contributed by atoms with Crippen molar-refractivity contribution in [1.29, 1.82) is 0 Å². The average molecular weight is 248 g/mol. The summed E-state index contributed by atoms with van der Waals surface area (Å²) in [4.78, 5) is 3.73. The Morgan fingerprint density at radius 3 is 2.56 bits per heavy atom. The zero-order chi connectivity index (χ0) is 13.1. The third kappa shape index (κ3) is 2.38. The van der Waals surface area contributed by atoms with Gasteiger partial charge < -0.3 is 5.32 Å². The van der Waals surface area contributed by atoms with Crippen molar-refractivity contribution in [3.8, 4) is 0 Å². The number of benzene rings is 1. The van der Waals surface area contributed by atoms with Crippen LogP contribution < -0.4 is 5.32 Å². The van der Waals surface area contributed by atoms with Crippen LogP contribution in [-0.4, -0.2) is 12.0 Å². The second kappa shape index (κ2) is 5.23. The zero-order valence-corrected chi connectivity index (χ0v) is 10.2. The lowest BCUT2D eigenvalue weighted by molar-refractivity contribution is 0.568. The lowest BCUT2D eigenvalue weighted by Crippen LogP contribution is -2.20. The summed E-state index contributed by atoms with van der Waals surface area (Å²) in [5, 5.41) is 3.05. The third-order valence-electron chi connectivity index (χ3n) is 2.95. The molecule has 1 unspecified atom stereocenters. The number of nitrogens with one attached hydrogen (secondary N) is 1. The first-order valence-electron chi connectivity index (χ1n) is 5.66. The molecule has 0 aliphatic rings. The van der Waals surface area contributed by atoms with Crippen molar-refractivity contribution < 1.29 is 8.78 Å². The van der Waals surface area contributed by atoms with Crippen molar-refractivity contribution in [3.05, 3.63) is 65.0 Å². The standard InChI is InChI=1S/C14H14F2N2/c1-9-7-10(15)3-4-11(9)14(17-2)12-5-6-18-8-13(12)16/h3-8,14,17H,1-2H3. The first kappa shape index (κ1) is 12.6. The molecule has 2 rings (SSSR count). The van der Waals surface area contributed by atoms with Gasteiger partial charge in [-0.25, -0.2) is 8.78 Å². The molecular formula is C14H14F2N2. The number of pyridine rings is 1. The Hall–Kier alpha value is -1.81. The van der Waals surface area contributed by atoms with Crippen LogP contribution in [0.1, 0.15) is 22.7 Å². The first-order chi connectivity index (χ1) is 8.63. The highest BCUT2D eigenvalue weighted by Gasteiger charge is 2.17. The fourth-order valence-corrected chi connectivity index (χ4v) is 2.06. The molecule has 0 radical (unpaired) electrons. The predicted octanol–water partition coefficient (Wildman–Crippen LogP) is 2.98. The number of halogens is 2. The van der Waals surface area contributed by atoms with Crippen LogP contribution in [0.4, 0.5) is 8.78 Å². The summed E-state index contributed by atoms with van der Waals surface area (Å²) in [6.45, 7) is 1.81. The van der Waals surface area contributed by atoms with Gasteiger partial charge in [-0.3, -0.25) is 4.98 Å². The maximum absolute atomic E-state index is 13.7. The van der Waals surface area contributed by atoms with Gasteiger partial charge >= 0.3 is 0 Å². The number of nitrogens with zero attached hydrogens (tertiary/aromatic N) is 1. The molecule has 1 aromatic heterocycles. The van der Waals surface area contributed by atoms with Crippen molar-refractivity contribution in [3.63, 3.8) is 0 Å². The first-order valence-corrected chi connectivity index (χ1v) is 5.66. The second-order valence-electron chi connectivity index (χ2n) is 4.12. The lowest BCUT2D eigenvalue weighted by atomic mass is 9.95. The Morgan fingerprint density at radius 1 is 1.17 bits per heavy atom. The van der Waals surface area contributed by atoms with E-state index in [9.17, 15) is 8.78 Å². The van der Waals surface area contributed by atoms with E-state index in [1.807, 2.05) is 6.92 Å². The van der Waals surface area contributed by atoms with E-state index in [0.717, 1.165) is 11.1 Å². The van der Waals surface area contributed by atoms with E-state index in [2.05, 4.69) is 10.3 Å². The molecule has 4 heteroatoms. The SMILES string of the molecule is CNC(c1ccc(F)cc1C)c1ccncc1F. The molecule has 2 nitrogen and oxygen atoms in total. The second-order valence-corrected chi connectivity index (χ2v) is 4.12. The molecule has 1 atom stereocenters. The molecule has 0 saturated heterocycles. The Kier molecular flexibility index (Phi) is 3.67. The van der Waals surface area contributed by atoms with Gasteiger partial charge in [-0.2, -0.15) is 0 Å². The number of aryl methyl sites for hydroxylation is 1. The molecule has 0 fully saturated rings. The highest BCUT2D eigenvalue weighted by atomic mass is 19.1. The van der Waals surface area contributed by atoms with E-state index in [-0.39, 0.29) is 17.7 Å². The Morgan fingerprint density at radius 2 is 1.94 bits per heavy atom. The van der Waals surface area contributed by atoms with Gasteiger partial charge in [-0.05, 0) is 43.3 Å². The average Bonchev–Trinajstić information content (AvgIpc) is 2.34. The number of hydrogen-bond acceptors (Lipinski definition) is 2. The van der Waals surface area contributed by atoms with Gasteiger partial charge in [-0.1, -0.05) is 6.07 Å². The topological polar surface area (TPSA) is 24.9 Å². The summed E-state index contributed by atoms with van der Waals surface area (Å²) in [5.41, 5.74) is 2.14. The van der Waals surface area contributed by atoms with Crippen LogP contribution >= 0.6 is 0 Å². The highest BCUT2D eigenvalue weighted by molar-refractivity contribution is 5.36. The van der Waals surface area contributed by atoms with E-state index in [1.165, 1.54) is 18.3 Å². The van der Waals surface area contributed by atoms with E-state index in [0.29, 0.717) is 5.56 Å². The third-order valence-corrected chi connectivity index (χ3v) is 2.95. The van der Waals surface area contributed by atoms with E-state index < -0.39 is 0 Å². The van der Waals surface area contributed by atoms with Crippen molar-refractivity contribution >= 4 is 0 Å². The van der Waals surface area contributed by atoms with Gasteiger partial charge in [-0.15, -0.1) is 0 Å². The molecule has 1 N–H and O–H groups in total. The normalized spacial score (nSPS) is 12.4. The van der Waals surface area contributed by atoms with E-state index in [1.54, 1.807) is 25.4 Å². The molecule has 18 heavy (non-hydrogen) atoms. The Labute approximate surface area is 105 Å². The summed E-state index contributed by atoms with van der Waals surface area (Å²) >= 11 is 0. The van der Waals surface area contributed by atoms with Crippen molar-refractivity contribution in [1.82, 2.24) is 10.3 Å². The Bertz CT molecular complexity index is 555. The maximum atomic E-state index is 13.7. The fraction of sp³-hybridized carbons (Fsp3) is 0.214. The molecule has 1 heterocycles. The summed E-state index contributed by atoms with van der Waals surface area (Å²) in [6.07, 6.45) is 2.72. The van der Waals surface area contributed by atoms with Gasteiger partial charge in [0.1, 0.15) is 11.6 Å². The van der Waals surface area contributed by atoms with Crippen LogP contribution in [0.15, 0.2) is 36.7 Å². The minimum atomic E-state index is -0.374. The minimum Gasteiger partial charge on any atom is -0.309 e. The number of aromatic nitrogens is 1. The van der Waals surface area contributed by atoms with Gasteiger partial charge in [0.15, 0.2) is 0 Å². The smallest absolute Gasteiger partial charge is 0.146 e. The largest absolute Gasteiger partial charge is 0.309 e.